The first-order valence-electron chi connectivity index (χ1n) is 7.07. The molecular formula is C16H18Cl2N4O. The first-order valence-corrected chi connectivity index (χ1v) is 7.82. The Bertz CT molecular complexity index is 692. The van der Waals surface area contributed by atoms with Crippen molar-refractivity contribution in [3.8, 4) is 0 Å². The Morgan fingerprint density at radius 1 is 1.22 bits per heavy atom. The van der Waals surface area contributed by atoms with Crippen molar-refractivity contribution in [2.75, 3.05) is 32.5 Å². The molecule has 2 aromatic rings. The molecule has 2 rings (SSSR count). The van der Waals surface area contributed by atoms with Crippen molar-refractivity contribution in [3.63, 3.8) is 0 Å². The second-order valence-electron chi connectivity index (χ2n) is 5.24. The summed E-state index contributed by atoms with van der Waals surface area (Å²) in [5.41, 5.74) is 1.16. The van der Waals surface area contributed by atoms with Crippen LogP contribution < -0.4 is 10.6 Å². The van der Waals surface area contributed by atoms with Gasteiger partial charge in [-0.15, -0.1) is 0 Å². The number of hydrogen-bond donors (Lipinski definition) is 2. The summed E-state index contributed by atoms with van der Waals surface area (Å²) in [6, 6.07) is 8.44. The number of aromatic nitrogens is 1. The molecule has 0 bridgehead atoms. The molecule has 0 aliphatic carbocycles. The van der Waals surface area contributed by atoms with Gasteiger partial charge in [0.25, 0.3) is 5.91 Å². The normalized spacial score (nSPS) is 10.7. The Morgan fingerprint density at radius 3 is 2.74 bits per heavy atom. The zero-order valence-corrected chi connectivity index (χ0v) is 14.4. The third kappa shape index (κ3) is 5.39. The zero-order valence-electron chi connectivity index (χ0n) is 12.9. The standard InChI is InChI=1S/C16H18Cl2N4O/c1-22(2)8-7-20-16(23)11-5-6-19-15(9-11)21-14-10-12(17)3-4-13(14)18/h3-6,9-10H,7-8H2,1-2H3,(H,19,21)(H,20,23). The van der Waals surface area contributed by atoms with Gasteiger partial charge in [0.15, 0.2) is 0 Å². The molecule has 0 fully saturated rings. The van der Waals surface area contributed by atoms with E-state index in [1.165, 1.54) is 0 Å². The highest BCUT2D eigenvalue weighted by atomic mass is 35.5. The molecule has 0 saturated heterocycles. The van der Waals surface area contributed by atoms with Crippen molar-refractivity contribution >= 4 is 40.6 Å². The molecule has 0 atom stereocenters. The average molecular weight is 353 g/mol. The number of carbonyl (C=O) groups excluding carboxylic acids is 1. The number of pyridine rings is 1. The molecule has 0 radical (unpaired) electrons. The second kappa shape index (κ2) is 8.15. The number of hydrogen-bond acceptors (Lipinski definition) is 4. The van der Waals surface area contributed by atoms with Crippen molar-refractivity contribution in [2.24, 2.45) is 0 Å². The Hall–Kier alpha value is -1.82. The van der Waals surface area contributed by atoms with Gasteiger partial charge < -0.3 is 15.5 Å². The maximum Gasteiger partial charge on any atom is 0.251 e. The molecule has 1 heterocycles. The molecule has 1 aromatic heterocycles. The molecule has 5 nitrogen and oxygen atoms in total. The van der Waals surface area contributed by atoms with E-state index in [0.717, 1.165) is 6.54 Å². The number of carbonyl (C=O) groups is 1. The number of nitrogens with zero attached hydrogens (tertiary/aromatic N) is 2. The first-order chi connectivity index (χ1) is 11.0. The lowest BCUT2D eigenvalue weighted by atomic mass is 10.2. The summed E-state index contributed by atoms with van der Waals surface area (Å²) in [5, 5.41) is 7.01. The van der Waals surface area contributed by atoms with E-state index in [1.807, 2.05) is 19.0 Å². The van der Waals surface area contributed by atoms with Gasteiger partial charge >= 0.3 is 0 Å². The van der Waals surface area contributed by atoms with Gasteiger partial charge in [-0.3, -0.25) is 4.79 Å². The molecule has 1 amide bonds. The van der Waals surface area contributed by atoms with Gasteiger partial charge in [0.05, 0.1) is 10.7 Å². The number of amides is 1. The summed E-state index contributed by atoms with van der Waals surface area (Å²) in [4.78, 5) is 18.3. The largest absolute Gasteiger partial charge is 0.351 e. The van der Waals surface area contributed by atoms with Gasteiger partial charge in [0, 0.05) is 29.9 Å². The number of benzene rings is 1. The highest BCUT2D eigenvalue weighted by Gasteiger charge is 2.08. The Morgan fingerprint density at radius 2 is 2.00 bits per heavy atom. The van der Waals surface area contributed by atoms with Crippen molar-refractivity contribution < 1.29 is 4.79 Å². The van der Waals surface area contributed by atoms with Crippen LogP contribution in [0.1, 0.15) is 10.4 Å². The van der Waals surface area contributed by atoms with Crippen LogP contribution in [0.25, 0.3) is 0 Å². The number of nitrogens with one attached hydrogen (secondary N) is 2. The lowest BCUT2D eigenvalue weighted by molar-refractivity contribution is 0.0951. The third-order valence-corrected chi connectivity index (χ3v) is 3.62. The van der Waals surface area contributed by atoms with E-state index in [-0.39, 0.29) is 5.91 Å². The van der Waals surface area contributed by atoms with Crippen LogP contribution in [0, 0.1) is 0 Å². The predicted molar refractivity (Wildman–Crippen MR) is 94.9 cm³/mol. The van der Waals surface area contributed by atoms with Crippen molar-refractivity contribution in [2.45, 2.75) is 0 Å². The van der Waals surface area contributed by atoms with Crippen LogP contribution in [0.15, 0.2) is 36.5 Å². The fourth-order valence-corrected chi connectivity index (χ4v) is 2.20. The highest BCUT2D eigenvalue weighted by molar-refractivity contribution is 6.35. The van der Waals surface area contributed by atoms with Gasteiger partial charge in [0.1, 0.15) is 5.82 Å². The zero-order chi connectivity index (χ0) is 16.8. The van der Waals surface area contributed by atoms with Gasteiger partial charge in [-0.05, 0) is 44.4 Å². The summed E-state index contributed by atoms with van der Waals surface area (Å²) in [6.45, 7) is 1.36. The van der Waals surface area contributed by atoms with E-state index in [9.17, 15) is 4.79 Å². The maximum atomic E-state index is 12.1. The highest BCUT2D eigenvalue weighted by Crippen LogP contribution is 2.27. The first kappa shape index (κ1) is 17.5. The van der Waals surface area contributed by atoms with Crippen LogP contribution in [-0.2, 0) is 0 Å². The summed E-state index contributed by atoms with van der Waals surface area (Å²) >= 11 is 12.1. The van der Waals surface area contributed by atoms with Crippen LogP contribution in [0.5, 0.6) is 0 Å². The molecule has 23 heavy (non-hydrogen) atoms. The molecule has 122 valence electrons. The molecule has 0 saturated carbocycles. The molecule has 0 aliphatic heterocycles. The van der Waals surface area contributed by atoms with Gasteiger partial charge in [-0.1, -0.05) is 23.2 Å². The number of anilines is 2. The monoisotopic (exact) mass is 352 g/mol. The van der Waals surface area contributed by atoms with E-state index in [1.54, 1.807) is 36.5 Å². The minimum atomic E-state index is -0.144. The lowest BCUT2D eigenvalue weighted by Gasteiger charge is -2.11. The van der Waals surface area contributed by atoms with Crippen LogP contribution in [0.2, 0.25) is 10.0 Å². The SMILES string of the molecule is CN(C)CCNC(=O)c1ccnc(Nc2cc(Cl)ccc2Cl)c1. The van der Waals surface area contributed by atoms with Gasteiger partial charge in [-0.25, -0.2) is 4.98 Å². The minimum absolute atomic E-state index is 0.144. The topological polar surface area (TPSA) is 57.3 Å². The number of likely N-dealkylation sites (N-methyl/N-ethyl adjacent to an activating group) is 1. The summed E-state index contributed by atoms with van der Waals surface area (Å²) in [7, 11) is 3.91. The van der Waals surface area contributed by atoms with E-state index in [2.05, 4.69) is 15.6 Å². The van der Waals surface area contributed by atoms with E-state index < -0.39 is 0 Å². The Kier molecular flexibility index (Phi) is 6.21. The fourth-order valence-electron chi connectivity index (χ4n) is 1.87. The quantitative estimate of drug-likeness (QED) is 0.836. The van der Waals surface area contributed by atoms with E-state index >= 15 is 0 Å². The van der Waals surface area contributed by atoms with Crippen LogP contribution in [-0.4, -0.2) is 43.0 Å². The average Bonchev–Trinajstić information content (AvgIpc) is 2.51. The molecule has 1 aromatic carbocycles. The van der Waals surface area contributed by atoms with Crippen LogP contribution in [0.4, 0.5) is 11.5 Å². The Labute approximate surface area is 145 Å². The summed E-state index contributed by atoms with van der Waals surface area (Å²) in [5.74, 6) is 0.379. The summed E-state index contributed by atoms with van der Waals surface area (Å²) < 4.78 is 0. The third-order valence-electron chi connectivity index (χ3n) is 3.06. The Balaban J connectivity index is 2.07. The van der Waals surface area contributed by atoms with E-state index in [4.69, 9.17) is 23.2 Å². The van der Waals surface area contributed by atoms with Crippen molar-refractivity contribution in [3.05, 3.63) is 52.1 Å². The second-order valence-corrected chi connectivity index (χ2v) is 6.08. The maximum absolute atomic E-state index is 12.1. The molecule has 0 spiro atoms. The molecule has 0 aliphatic rings. The molecule has 0 unspecified atom stereocenters. The number of rotatable bonds is 6. The minimum Gasteiger partial charge on any atom is -0.351 e. The van der Waals surface area contributed by atoms with Crippen LogP contribution >= 0.6 is 23.2 Å². The number of halogens is 2. The van der Waals surface area contributed by atoms with Crippen LogP contribution in [0.3, 0.4) is 0 Å². The fraction of sp³-hybridized carbons (Fsp3) is 0.250. The van der Waals surface area contributed by atoms with Gasteiger partial charge in [0.2, 0.25) is 0 Å². The molecule has 2 N–H and O–H groups in total. The molecular weight excluding hydrogens is 335 g/mol. The van der Waals surface area contributed by atoms with Crippen molar-refractivity contribution in [1.29, 1.82) is 0 Å². The lowest BCUT2D eigenvalue weighted by Crippen LogP contribution is -2.31. The summed E-state index contributed by atoms with van der Waals surface area (Å²) in [6.07, 6.45) is 1.57. The molecule has 7 heteroatoms. The predicted octanol–water partition coefficient (Wildman–Crippen LogP) is 3.42. The smallest absolute Gasteiger partial charge is 0.251 e. The van der Waals surface area contributed by atoms with Gasteiger partial charge in [-0.2, -0.15) is 0 Å². The van der Waals surface area contributed by atoms with Crippen molar-refractivity contribution in [1.82, 2.24) is 15.2 Å². The van der Waals surface area contributed by atoms with E-state index in [0.29, 0.717) is 33.7 Å².